The predicted octanol–water partition coefficient (Wildman–Crippen LogP) is 5.27. The number of anilines is 4. The fraction of sp³-hybridized carbons (Fsp3) is 0.200. The highest BCUT2D eigenvalue weighted by Gasteiger charge is 2.12. The minimum atomic E-state index is 0.662. The number of rotatable bonds is 5. The van der Waals surface area contributed by atoms with E-state index in [4.69, 9.17) is 16.3 Å². The molecule has 0 spiro atoms. The molecule has 3 rings (SSSR count). The molecule has 0 fully saturated rings. The normalized spacial score (nSPS) is 10.5. The molecule has 26 heavy (non-hydrogen) atoms. The van der Waals surface area contributed by atoms with Crippen LogP contribution in [0.4, 0.5) is 23.0 Å². The van der Waals surface area contributed by atoms with Crippen LogP contribution < -0.4 is 15.0 Å². The second kappa shape index (κ2) is 7.62. The van der Waals surface area contributed by atoms with Gasteiger partial charge < -0.3 is 15.0 Å². The summed E-state index contributed by atoms with van der Waals surface area (Å²) in [5, 5.41) is 3.98. The Labute approximate surface area is 158 Å². The maximum Gasteiger partial charge on any atom is 0.143 e. The molecule has 0 saturated carbocycles. The molecule has 0 atom stereocenters. The minimum Gasteiger partial charge on any atom is -0.495 e. The predicted molar refractivity (Wildman–Crippen MR) is 107 cm³/mol. The summed E-state index contributed by atoms with van der Waals surface area (Å²) in [6, 6.07) is 15.7. The number of para-hydroxylation sites is 1. The van der Waals surface area contributed by atoms with E-state index >= 15 is 0 Å². The van der Waals surface area contributed by atoms with Crippen molar-refractivity contribution in [2.45, 2.75) is 13.8 Å². The van der Waals surface area contributed by atoms with Gasteiger partial charge >= 0.3 is 0 Å². The van der Waals surface area contributed by atoms with Gasteiger partial charge in [-0.15, -0.1) is 0 Å². The Balaban J connectivity index is 1.95. The average Bonchev–Trinajstić information content (AvgIpc) is 2.64. The van der Waals surface area contributed by atoms with Gasteiger partial charge in [-0.2, -0.15) is 0 Å². The van der Waals surface area contributed by atoms with Gasteiger partial charge in [-0.1, -0.05) is 29.8 Å². The molecule has 1 heterocycles. The molecular formula is C20H21ClN4O. The van der Waals surface area contributed by atoms with Crippen LogP contribution in [0.2, 0.25) is 5.02 Å². The summed E-state index contributed by atoms with van der Waals surface area (Å²) in [5.74, 6) is 2.83. The van der Waals surface area contributed by atoms with Crippen molar-refractivity contribution in [3.8, 4) is 5.75 Å². The highest BCUT2D eigenvalue weighted by atomic mass is 35.5. The lowest BCUT2D eigenvalue weighted by Gasteiger charge is -2.20. The van der Waals surface area contributed by atoms with Crippen molar-refractivity contribution in [1.29, 1.82) is 0 Å². The molecular weight excluding hydrogens is 348 g/mol. The van der Waals surface area contributed by atoms with E-state index in [1.54, 1.807) is 13.2 Å². The van der Waals surface area contributed by atoms with Crippen LogP contribution in [0.5, 0.6) is 5.75 Å². The third kappa shape index (κ3) is 3.89. The molecule has 1 N–H and O–H groups in total. The van der Waals surface area contributed by atoms with Crippen molar-refractivity contribution in [3.63, 3.8) is 0 Å². The quantitative estimate of drug-likeness (QED) is 0.665. The molecule has 2 aromatic carbocycles. The first kappa shape index (κ1) is 18.0. The fourth-order valence-electron chi connectivity index (χ4n) is 2.64. The van der Waals surface area contributed by atoms with Gasteiger partial charge in [0.1, 0.15) is 23.2 Å². The first-order valence-electron chi connectivity index (χ1n) is 8.23. The number of halogens is 1. The van der Waals surface area contributed by atoms with Crippen LogP contribution in [0.15, 0.2) is 48.5 Å². The molecule has 5 nitrogen and oxygen atoms in total. The van der Waals surface area contributed by atoms with Gasteiger partial charge in [0, 0.05) is 29.9 Å². The van der Waals surface area contributed by atoms with Crippen LogP contribution >= 0.6 is 11.6 Å². The lowest BCUT2D eigenvalue weighted by atomic mass is 10.2. The Morgan fingerprint density at radius 3 is 2.46 bits per heavy atom. The number of aryl methyl sites for hydroxylation is 2. The van der Waals surface area contributed by atoms with Crippen LogP contribution in [0.3, 0.4) is 0 Å². The zero-order chi connectivity index (χ0) is 18.7. The van der Waals surface area contributed by atoms with Gasteiger partial charge in [0.2, 0.25) is 0 Å². The van der Waals surface area contributed by atoms with Crippen LogP contribution in [-0.2, 0) is 0 Å². The second-order valence-corrected chi connectivity index (χ2v) is 6.39. The van der Waals surface area contributed by atoms with Crippen LogP contribution in [0, 0.1) is 13.8 Å². The van der Waals surface area contributed by atoms with Crippen molar-refractivity contribution >= 4 is 34.6 Å². The van der Waals surface area contributed by atoms with Gasteiger partial charge in [-0.25, -0.2) is 9.97 Å². The summed E-state index contributed by atoms with van der Waals surface area (Å²) in [5.41, 5.74) is 2.82. The van der Waals surface area contributed by atoms with E-state index in [9.17, 15) is 0 Å². The third-order valence-corrected chi connectivity index (χ3v) is 4.46. The molecule has 6 heteroatoms. The number of ether oxygens (including phenoxy) is 1. The Bertz CT molecular complexity index is 915. The van der Waals surface area contributed by atoms with Gasteiger partial charge in [0.05, 0.1) is 12.8 Å². The van der Waals surface area contributed by atoms with Crippen molar-refractivity contribution in [1.82, 2.24) is 9.97 Å². The Morgan fingerprint density at radius 1 is 1.04 bits per heavy atom. The van der Waals surface area contributed by atoms with Crippen molar-refractivity contribution in [3.05, 3.63) is 64.9 Å². The number of aromatic nitrogens is 2. The first-order valence-corrected chi connectivity index (χ1v) is 8.61. The van der Waals surface area contributed by atoms with Gasteiger partial charge in [0.15, 0.2) is 0 Å². The molecule has 0 unspecified atom stereocenters. The molecule has 0 bridgehead atoms. The Kier molecular flexibility index (Phi) is 5.28. The lowest BCUT2D eigenvalue weighted by molar-refractivity contribution is 0.416. The Hall–Kier alpha value is -2.79. The summed E-state index contributed by atoms with van der Waals surface area (Å²) in [6.45, 7) is 3.82. The molecule has 3 aromatic rings. The molecule has 134 valence electrons. The van der Waals surface area contributed by atoms with E-state index in [2.05, 4.69) is 15.3 Å². The summed E-state index contributed by atoms with van der Waals surface area (Å²) in [7, 11) is 3.60. The van der Waals surface area contributed by atoms with E-state index in [0.717, 1.165) is 22.8 Å². The zero-order valence-corrected chi connectivity index (χ0v) is 16.0. The third-order valence-electron chi connectivity index (χ3n) is 4.06. The van der Waals surface area contributed by atoms with Crippen molar-refractivity contribution in [2.75, 3.05) is 24.4 Å². The van der Waals surface area contributed by atoms with E-state index in [0.29, 0.717) is 22.4 Å². The van der Waals surface area contributed by atoms with E-state index in [1.165, 1.54) is 0 Å². The van der Waals surface area contributed by atoms with Crippen LogP contribution in [-0.4, -0.2) is 24.1 Å². The molecule has 0 aliphatic heterocycles. The molecule has 0 saturated heterocycles. The maximum absolute atomic E-state index is 6.19. The van der Waals surface area contributed by atoms with Crippen molar-refractivity contribution in [2.24, 2.45) is 0 Å². The number of hydrogen-bond acceptors (Lipinski definition) is 5. The monoisotopic (exact) mass is 368 g/mol. The number of methoxy groups -OCH3 is 1. The lowest BCUT2D eigenvalue weighted by Crippen LogP contribution is -2.13. The van der Waals surface area contributed by atoms with Crippen LogP contribution in [0.25, 0.3) is 0 Å². The summed E-state index contributed by atoms with van der Waals surface area (Å²) in [6.07, 6.45) is 0. The molecule has 1 aromatic heterocycles. The maximum atomic E-state index is 6.19. The number of nitrogens with zero attached hydrogens (tertiary/aromatic N) is 3. The fourth-order valence-corrected chi connectivity index (χ4v) is 2.79. The number of hydrogen-bond donors (Lipinski definition) is 1. The smallest absolute Gasteiger partial charge is 0.143 e. The highest BCUT2D eigenvalue weighted by Crippen LogP contribution is 2.33. The SMILES string of the molecule is COc1cc(Cl)c(C)cc1Nc1cc(N(C)c2ccccc2)nc(C)n1. The van der Waals surface area contributed by atoms with E-state index in [-0.39, 0.29) is 0 Å². The number of benzene rings is 2. The Morgan fingerprint density at radius 2 is 1.77 bits per heavy atom. The van der Waals surface area contributed by atoms with Gasteiger partial charge in [-0.3, -0.25) is 0 Å². The average molecular weight is 369 g/mol. The minimum absolute atomic E-state index is 0.662. The molecule has 0 radical (unpaired) electrons. The molecule has 0 aliphatic carbocycles. The van der Waals surface area contributed by atoms with Gasteiger partial charge in [-0.05, 0) is 37.6 Å². The summed E-state index contributed by atoms with van der Waals surface area (Å²) < 4.78 is 5.43. The van der Waals surface area contributed by atoms with Crippen molar-refractivity contribution < 1.29 is 4.74 Å². The van der Waals surface area contributed by atoms with E-state index in [1.807, 2.05) is 68.3 Å². The summed E-state index contributed by atoms with van der Waals surface area (Å²) >= 11 is 6.19. The second-order valence-electron chi connectivity index (χ2n) is 5.98. The van der Waals surface area contributed by atoms with Gasteiger partial charge in [0.25, 0.3) is 0 Å². The topological polar surface area (TPSA) is 50.3 Å². The first-order chi connectivity index (χ1) is 12.5. The highest BCUT2D eigenvalue weighted by molar-refractivity contribution is 6.31. The number of nitrogens with one attached hydrogen (secondary N) is 1. The van der Waals surface area contributed by atoms with E-state index < -0.39 is 0 Å². The van der Waals surface area contributed by atoms with Crippen LogP contribution in [0.1, 0.15) is 11.4 Å². The molecule has 0 amide bonds. The molecule has 0 aliphatic rings. The largest absolute Gasteiger partial charge is 0.495 e. The standard InChI is InChI=1S/C20H21ClN4O/c1-13-10-17(18(26-4)11-16(13)21)24-19-12-20(23-14(2)22-19)25(3)15-8-6-5-7-9-15/h5-12H,1-4H3,(H,22,23,24). The zero-order valence-electron chi connectivity index (χ0n) is 15.2. The summed E-state index contributed by atoms with van der Waals surface area (Å²) in [4.78, 5) is 11.1.